The van der Waals surface area contributed by atoms with Gasteiger partial charge in [-0.3, -0.25) is 9.48 Å². The lowest BCUT2D eigenvalue weighted by molar-refractivity contribution is 0.0685. The number of aromatic nitrogens is 4. The van der Waals surface area contributed by atoms with E-state index in [1.807, 2.05) is 28.8 Å². The molecule has 1 saturated heterocycles. The van der Waals surface area contributed by atoms with Gasteiger partial charge in [-0.25, -0.2) is 0 Å². The molecule has 2 aromatic heterocycles. The third-order valence-electron chi connectivity index (χ3n) is 3.75. The Labute approximate surface area is 121 Å². The molecule has 20 heavy (non-hydrogen) atoms. The number of hydrogen-bond donors (Lipinski definition) is 0. The lowest BCUT2D eigenvalue weighted by Crippen LogP contribution is -2.39. The maximum absolute atomic E-state index is 12.3. The number of rotatable bonds is 3. The quantitative estimate of drug-likeness (QED) is 0.861. The van der Waals surface area contributed by atoms with Gasteiger partial charge in [0.2, 0.25) is 0 Å². The van der Waals surface area contributed by atoms with Crippen LogP contribution in [-0.2, 0) is 6.54 Å². The summed E-state index contributed by atoms with van der Waals surface area (Å²) in [5, 5.41) is 8.14. The van der Waals surface area contributed by atoms with Crippen LogP contribution in [-0.4, -0.2) is 43.3 Å². The minimum absolute atomic E-state index is 0.0787. The maximum Gasteiger partial charge on any atom is 0.267 e. The van der Waals surface area contributed by atoms with E-state index in [1.165, 1.54) is 11.5 Å². The number of hydrogen-bond acceptors (Lipinski definition) is 5. The van der Waals surface area contributed by atoms with Gasteiger partial charge in [-0.1, -0.05) is 4.49 Å². The van der Waals surface area contributed by atoms with Crippen LogP contribution in [0.25, 0.3) is 0 Å². The lowest BCUT2D eigenvalue weighted by Gasteiger charge is -2.31. The van der Waals surface area contributed by atoms with Gasteiger partial charge in [-0.2, -0.15) is 5.10 Å². The molecule has 3 rings (SSSR count). The third-order valence-corrected chi connectivity index (χ3v) is 4.57. The monoisotopic (exact) mass is 291 g/mol. The first-order valence-corrected chi connectivity index (χ1v) is 7.57. The molecule has 0 N–H and O–H groups in total. The van der Waals surface area contributed by atoms with Crippen molar-refractivity contribution < 1.29 is 4.79 Å². The molecule has 7 heteroatoms. The Kier molecular flexibility index (Phi) is 3.77. The summed E-state index contributed by atoms with van der Waals surface area (Å²) in [4.78, 5) is 14.9. The summed E-state index contributed by atoms with van der Waals surface area (Å²) < 4.78 is 5.81. The molecule has 0 saturated carbocycles. The van der Waals surface area contributed by atoms with Crippen molar-refractivity contribution in [1.29, 1.82) is 0 Å². The van der Waals surface area contributed by atoms with Crippen molar-refractivity contribution in [2.75, 3.05) is 13.1 Å². The van der Waals surface area contributed by atoms with Gasteiger partial charge in [-0.05, 0) is 43.3 Å². The van der Waals surface area contributed by atoms with Crippen LogP contribution in [0.1, 0.15) is 28.2 Å². The van der Waals surface area contributed by atoms with Gasteiger partial charge in [0, 0.05) is 32.0 Å². The minimum Gasteiger partial charge on any atom is -0.338 e. The summed E-state index contributed by atoms with van der Waals surface area (Å²) in [6.45, 7) is 4.39. The van der Waals surface area contributed by atoms with Crippen LogP contribution in [0.3, 0.4) is 0 Å². The van der Waals surface area contributed by atoms with Crippen molar-refractivity contribution in [3.63, 3.8) is 0 Å². The first-order valence-electron chi connectivity index (χ1n) is 6.79. The molecule has 0 bridgehead atoms. The second-order valence-electron chi connectivity index (χ2n) is 5.15. The number of likely N-dealkylation sites (tertiary alicyclic amines) is 1. The van der Waals surface area contributed by atoms with Crippen LogP contribution < -0.4 is 0 Å². The van der Waals surface area contributed by atoms with E-state index in [0.717, 1.165) is 38.2 Å². The van der Waals surface area contributed by atoms with Gasteiger partial charge < -0.3 is 4.90 Å². The average Bonchev–Trinajstić information content (AvgIpc) is 3.10. The number of carbonyl (C=O) groups is 1. The molecule has 0 aliphatic carbocycles. The normalized spacial score (nSPS) is 16.6. The van der Waals surface area contributed by atoms with Crippen LogP contribution in [0.15, 0.2) is 18.5 Å². The lowest BCUT2D eigenvalue weighted by atomic mass is 9.96. The highest BCUT2D eigenvalue weighted by atomic mass is 32.1. The Morgan fingerprint density at radius 1 is 1.45 bits per heavy atom. The summed E-state index contributed by atoms with van der Waals surface area (Å²) in [5.41, 5.74) is 0.735. The van der Waals surface area contributed by atoms with Crippen molar-refractivity contribution in [2.45, 2.75) is 26.3 Å². The van der Waals surface area contributed by atoms with Gasteiger partial charge >= 0.3 is 0 Å². The van der Waals surface area contributed by atoms with Gasteiger partial charge in [0.25, 0.3) is 5.91 Å². The molecule has 0 spiro atoms. The average molecular weight is 291 g/mol. The summed E-state index contributed by atoms with van der Waals surface area (Å²) in [7, 11) is 0. The van der Waals surface area contributed by atoms with Crippen molar-refractivity contribution in [3.05, 3.63) is 29.0 Å². The Morgan fingerprint density at radius 2 is 2.25 bits per heavy atom. The summed E-state index contributed by atoms with van der Waals surface area (Å²) >= 11 is 1.19. The summed E-state index contributed by atoms with van der Waals surface area (Å²) in [6.07, 6.45) is 5.84. The summed E-state index contributed by atoms with van der Waals surface area (Å²) in [5.74, 6) is 0.676. The Morgan fingerprint density at radius 3 is 2.85 bits per heavy atom. The molecule has 1 fully saturated rings. The van der Waals surface area contributed by atoms with Gasteiger partial charge in [-0.15, -0.1) is 5.10 Å². The molecule has 1 aliphatic heterocycles. The molecule has 1 amide bonds. The van der Waals surface area contributed by atoms with Gasteiger partial charge in [0.15, 0.2) is 0 Å². The summed E-state index contributed by atoms with van der Waals surface area (Å²) in [6, 6.07) is 1.94. The zero-order valence-corrected chi connectivity index (χ0v) is 12.2. The molecule has 3 heterocycles. The molecule has 6 nitrogen and oxygen atoms in total. The maximum atomic E-state index is 12.3. The van der Waals surface area contributed by atoms with E-state index in [-0.39, 0.29) is 5.91 Å². The Balaban J connectivity index is 1.56. The topological polar surface area (TPSA) is 63.9 Å². The largest absolute Gasteiger partial charge is 0.338 e. The van der Waals surface area contributed by atoms with Crippen LogP contribution in [0.4, 0.5) is 0 Å². The molecule has 1 aliphatic rings. The van der Waals surface area contributed by atoms with E-state index in [4.69, 9.17) is 0 Å². The van der Waals surface area contributed by atoms with E-state index in [2.05, 4.69) is 14.7 Å². The smallest absolute Gasteiger partial charge is 0.267 e. The van der Waals surface area contributed by atoms with Crippen LogP contribution in [0.2, 0.25) is 0 Å². The number of nitrogens with zero attached hydrogens (tertiary/aromatic N) is 5. The van der Waals surface area contributed by atoms with Crippen LogP contribution in [0.5, 0.6) is 0 Å². The molecular formula is C13H17N5OS. The minimum atomic E-state index is 0.0787. The fraction of sp³-hybridized carbons (Fsp3) is 0.538. The highest BCUT2D eigenvalue weighted by Crippen LogP contribution is 2.22. The molecule has 0 unspecified atom stereocenters. The standard InChI is InChI=1S/C13H17N5OS/c1-10-12(20-16-15-10)13(19)17-7-3-11(4-8-17)9-18-6-2-5-14-18/h2,5-6,11H,3-4,7-9H2,1H3. The van der Waals surface area contributed by atoms with Crippen molar-refractivity contribution in [1.82, 2.24) is 24.3 Å². The number of piperidine rings is 1. The molecule has 0 atom stereocenters. The van der Waals surface area contributed by atoms with Gasteiger partial charge in [0.05, 0.1) is 5.69 Å². The highest BCUT2D eigenvalue weighted by Gasteiger charge is 2.26. The second-order valence-corrected chi connectivity index (χ2v) is 5.91. The van der Waals surface area contributed by atoms with Gasteiger partial charge in [0.1, 0.15) is 4.88 Å². The fourth-order valence-corrected chi connectivity index (χ4v) is 3.19. The van der Waals surface area contributed by atoms with E-state index in [9.17, 15) is 4.79 Å². The van der Waals surface area contributed by atoms with Crippen LogP contribution in [0, 0.1) is 12.8 Å². The SMILES string of the molecule is Cc1nnsc1C(=O)N1CCC(Cn2cccn2)CC1. The van der Waals surface area contributed by atoms with Crippen molar-refractivity contribution in [3.8, 4) is 0 Å². The first kappa shape index (κ1) is 13.2. The first-order chi connectivity index (χ1) is 9.74. The fourth-order valence-electron chi connectivity index (χ4n) is 2.56. The number of aryl methyl sites for hydroxylation is 1. The van der Waals surface area contributed by atoms with Crippen LogP contribution >= 0.6 is 11.5 Å². The molecule has 106 valence electrons. The number of amides is 1. The molecular weight excluding hydrogens is 274 g/mol. The van der Waals surface area contributed by atoms with E-state index < -0.39 is 0 Å². The third kappa shape index (κ3) is 2.72. The zero-order valence-electron chi connectivity index (χ0n) is 11.4. The Hall–Kier alpha value is -1.76. The predicted molar refractivity (Wildman–Crippen MR) is 75.5 cm³/mol. The van der Waals surface area contributed by atoms with Crippen molar-refractivity contribution >= 4 is 17.4 Å². The Bertz CT molecular complexity index is 571. The van der Waals surface area contributed by atoms with E-state index >= 15 is 0 Å². The van der Waals surface area contributed by atoms with E-state index in [0.29, 0.717) is 10.8 Å². The second kappa shape index (κ2) is 5.70. The molecule has 0 aromatic carbocycles. The predicted octanol–water partition coefficient (Wildman–Crippen LogP) is 1.60. The highest BCUT2D eigenvalue weighted by molar-refractivity contribution is 7.07. The number of carbonyl (C=O) groups excluding carboxylic acids is 1. The zero-order chi connectivity index (χ0) is 13.9. The molecule has 0 radical (unpaired) electrons. The van der Waals surface area contributed by atoms with Crippen molar-refractivity contribution in [2.24, 2.45) is 5.92 Å². The molecule has 2 aromatic rings. The van der Waals surface area contributed by atoms with E-state index in [1.54, 1.807) is 6.20 Å².